The number of benzene rings is 1. The van der Waals surface area contributed by atoms with Crippen molar-refractivity contribution in [3.63, 3.8) is 0 Å². The second-order valence-corrected chi connectivity index (χ2v) is 8.77. The molecule has 1 atom stereocenters. The van der Waals surface area contributed by atoms with Gasteiger partial charge in [-0.3, -0.25) is 14.6 Å². The van der Waals surface area contributed by atoms with Crippen LogP contribution in [0.4, 0.5) is 4.79 Å². The Kier molecular flexibility index (Phi) is 6.96. The Morgan fingerprint density at radius 2 is 1.76 bits per heavy atom. The highest BCUT2D eigenvalue weighted by Crippen LogP contribution is 2.23. The first-order valence-corrected chi connectivity index (χ1v) is 10.6. The highest BCUT2D eigenvalue weighted by molar-refractivity contribution is 5.86. The number of carbonyl (C=O) groups excluding carboxylic acids is 2. The minimum absolute atomic E-state index is 0.0628. The van der Waals surface area contributed by atoms with E-state index in [4.69, 9.17) is 4.74 Å². The highest BCUT2D eigenvalue weighted by Gasteiger charge is 2.39. The van der Waals surface area contributed by atoms with Crippen LogP contribution in [0, 0.1) is 0 Å². The lowest BCUT2D eigenvalue weighted by Gasteiger charge is -2.37. The highest BCUT2D eigenvalue weighted by atomic mass is 16.6. The summed E-state index contributed by atoms with van der Waals surface area (Å²) in [5.41, 5.74) is 0.649. The first kappa shape index (κ1) is 21.4. The lowest BCUT2D eigenvalue weighted by molar-refractivity contribution is -0.137. The molecule has 0 bridgehead atoms. The molecular weight excluding hydrogens is 366 g/mol. The van der Waals surface area contributed by atoms with Crippen LogP contribution in [0.2, 0.25) is 0 Å². The van der Waals surface area contributed by atoms with E-state index in [-0.39, 0.29) is 18.0 Å². The van der Waals surface area contributed by atoms with Crippen LogP contribution in [0.5, 0.6) is 0 Å². The Labute approximate surface area is 174 Å². The SMILES string of the molecule is CC(C)(C)OC(=O)N1CCC[C@H]1C(=O)N1CCN(C/C=C/c2ccccc2)CC1. The van der Waals surface area contributed by atoms with Gasteiger partial charge in [-0.15, -0.1) is 0 Å². The molecule has 1 aromatic rings. The second-order valence-electron chi connectivity index (χ2n) is 8.77. The summed E-state index contributed by atoms with van der Waals surface area (Å²) < 4.78 is 5.49. The van der Waals surface area contributed by atoms with E-state index < -0.39 is 5.60 Å². The number of piperazine rings is 1. The van der Waals surface area contributed by atoms with Crippen molar-refractivity contribution in [2.45, 2.75) is 45.3 Å². The predicted molar refractivity (Wildman–Crippen MR) is 114 cm³/mol. The monoisotopic (exact) mass is 399 g/mol. The lowest BCUT2D eigenvalue weighted by Crippen LogP contribution is -2.54. The topological polar surface area (TPSA) is 53.1 Å². The molecule has 0 radical (unpaired) electrons. The first-order chi connectivity index (χ1) is 13.8. The van der Waals surface area contributed by atoms with E-state index in [0.717, 1.165) is 32.5 Å². The Hall–Kier alpha value is -2.34. The van der Waals surface area contributed by atoms with Crippen molar-refractivity contribution in [2.24, 2.45) is 0 Å². The predicted octanol–water partition coefficient (Wildman–Crippen LogP) is 3.24. The molecule has 29 heavy (non-hydrogen) atoms. The number of rotatable bonds is 4. The molecule has 2 amide bonds. The summed E-state index contributed by atoms with van der Waals surface area (Å²) >= 11 is 0. The molecular formula is C23H33N3O3. The van der Waals surface area contributed by atoms with Gasteiger partial charge < -0.3 is 9.64 Å². The van der Waals surface area contributed by atoms with Gasteiger partial charge in [0.25, 0.3) is 0 Å². The maximum Gasteiger partial charge on any atom is 0.410 e. The van der Waals surface area contributed by atoms with E-state index in [0.29, 0.717) is 19.6 Å². The van der Waals surface area contributed by atoms with Crippen molar-refractivity contribution >= 4 is 18.1 Å². The van der Waals surface area contributed by atoms with E-state index >= 15 is 0 Å². The molecule has 158 valence electrons. The van der Waals surface area contributed by atoms with Gasteiger partial charge in [0.15, 0.2) is 0 Å². The quantitative estimate of drug-likeness (QED) is 0.780. The van der Waals surface area contributed by atoms with Gasteiger partial charge in [-0.05, 0) is 39.2 Å². The molecule has 6 nitrogen and oxygen atoms in total. The Balaban J connectivity index is 1.48. The summed E-state index contributed by atoms with van der Waals surface area (Å²) in [6.45, 7) is 10.1. The second kappa shape index (κ2) is 9.44. The maximum atomic E-state index is 13.0. The van der Waals surface area contributed by atoms with Gasteiger partial charge in [0.05, 0.1) is 0 Å². The van der Waals surface area contributed by atoms with Crippen molar-refractivity contribution in [2.75, 3.05) is 39.3 Å². The normalized spacial score (nSPS) is 21.0. The van der Waals surface area contributed by atoms with Crippen molar-refractivity contribution < 1.29 is 14.3 Å². The number of hydrogen-bond acceptors (Lipinski definition) is 4. The van der Waals surface area contributed by atoms with E-state index in [1.807, 2.05) is 43.9 Å². The Bertz CT molecular complexity index is 719. The van der Waals surface area contributed by atoms with Gasteiger partial charge in [0, 0.05) is 39.3 Å². The van der Waals surface area contributed by atoms with E-state index in [9.17, 15) is 9.59 Å². The number of carbonyl (C=O) groups is 2. The molecule has 1 aromatic carbocycles. The zero-order valence-corrected chi connectivity index (χ0v) is 17.8. The summed E-state index contributed by atoms with van der Waals surface area (Å²) in [7, 11) is 0. The minimum atomic E-state index is -0.549. The lowest BCUT2D eigenvalue weighted by atomic mass is 10.1. The van der Waals surface area contributed by atoms with Gasteiger partial charge in [0.1, 0.15) is 11.6 Å². The average Bonchev–Trinajstić information content (AvgIpc) is 3.18. The fourth-order valence-electron chi connectivity index (χ4n) is 3.83. The average molecular weight is 400 g/mol. The third-order valence-electron chi connectivity index (χ3n) is 5.32. The summed E-state index contributed by atoms with van der Waals surface area (Å²) in [5, 5.41) is 0. The summed E-state index contributed by atoms with van der Waals surface area (Å²) in [6.07, 6.45) is 5.50. The van der Waals surface area contributed by atoms with Crippen molar-refractivity contribution in [3.05, 3.63) is 42.0 Å². The molecule has 0 unspecified atom stereocenters. The van der Waals surface area contributed by atoms with Crippen LogP contribution >= 0.6 is 0 Å². The van der Waals surface area contributed by atoms with Gasteiger partial charge in [0.2, 0.25) is 5.91 Å². The first-order valence-electron chi connectivity index (χ1n) is 10.6. The maximum absolute atomic E-state index is 13.0. The van der Waals surface area contributed by atoms with E-state index in [1.54, 1.807) is 4.90 Å². The standard InChI is InChI=1S/C23H33N3O3/c1-23(2,3)29-22(28)26-14-8-12-20(26)21(27)25-17-15-24(16-18-25)13-7-11-19-9-5-4-6-10-19/h4-7,9-11,20H,8,12-18H2,1-3H3/b11-7+/t20-/m0/s1. The molecule has 2 fully saturated rings. The van der Waals surface area contributed by atoms with Crippen LogP contribution < -0.4 is 0 Å². The molecule has 2 heterocycles. The smallest absolute Gasteiger partial charge is 0.410 e. The third-order valence-corrected chi connectivity index (χ3v) is 5.32. The van der Waals surface area contributed by atoms with Crippen LogP contribution in [0.25, 0.3) is 6.08 Å². The number of ether oxygens (including phenoxy) is 1. The van der Waals surface area contributed by atoms with Crippen molar-refractivity contribution in [1.82, 2.24) is 14.7 Å². The molecule has 2 aliphatic rings. The van der Waals surface area contributed by atoms with Crippen LogP contribution in [0.15, 0.2) is 36.4 Å². The van der Waals surface area contributed by atoms with Crippen molar-refractivity contribution in [1.29, 1.82) is 0 Å². The minimum Gasteiger partial charge on any atom is -0.444 e. The van der Waals surface area contributed by atoms with Crippen LogP contribution in [0.3, 0.4) is 0 Å². The number of hydrogen-bond donors (Lipinski definition) is 0. The van der Waals surface area contributed by atoms with Gasteiger partial charge in [-0.25, -0.2) is 4.79 Å². The molecule has 0 saturated carbocycles. The third kappa shape index (κ3) is 6.07. The van der Waals surface area contributed by atoms with Gasteiger partial charge in [-0.1, -0.05) is 42.5 Å². The Morgan fingerprint density at radius 3 is 2.41 bits per heavy atom. The summed E-state index contributed by atoms with van der Waals surface area (Å²) in [5.74, 6) is 0.0628. The van der Waals surface area contributed by atoms with Crippen LogP contribution in [0.1, 0.15) is 39.2 Å². The number of amides is 2. The van der Waals surface area contributed by atoms with Crippen molar-refractivity contribution in [3.8, 4) is 0 Å². The summed E-state index contributed by atoms with van der Waals surface area (Å²) in [4.78, 5) is 31.4. The Morgan fingerprint density at radius 1 is 1.07 bits per heavy atom. The fourth-order valence-corrected chi connectivity index (χ4v) is 3.83. The van der Waals surface area contributed by atoms with Gasteiger partial charge in [-0.2, -0.15) is 0 Å². The molecule has 6 heteroatoms. The molecule has 2 saturated heterocycles. The largest absolute Gasteiger partial charge is 0.444 e. The zero-order chi connectivity index (χ0) is 20.9. The molecule has 3 rings (SSSR count). The van der Waals surface area contributed by atoms with Crippen LogP contribution in [-0.4, -0.2) is 77.6 Å². The molecule has 2 aliphatic heterocycles. The zero-order valence-electron chi connectivity index (χ0n) is 17.8. The van der Waals surface area contributed by atoms with Crippen LogP contribution in [-0.2, 0) is 9.53 Å². The molecule has 0 aliphatic carbocycles. The number of nitrogens with zero attached hydrogens (tertiary/aromatic N) is 3. The fraction of sp³-hybridized carbons (Fsp3) is 0.565. The molecule has 0 spiro atoms. The summed E-state index contributed by atoms with van der Waals surface area (Å²) in [6, 6.07) is 9.88. The van der Waals surface area contributed by atoms with E-state index in [2.05, 4.69) is 29.2 Å². The van der Waals surface area contributed by atoms with E-state index in [1.165, 1.54) is 5.56 Å². The molecule has 0 aromatic heterocycles. The number of likely N-dealkylation sites (tertiary alicyclic amines) is 1. The molecule has 0 N–H and O–H groups in total. The van der Waals surface area contributed by atoms with Gasteiger partial charge >= 0.3 is 6.09 Å².